The summed E-state index contributed by atoms with van der Waals surface area (Å²) in [6, 6.07) is 16.5. The molecule has 0 bridgehead atoms. The van der Waals surface area contributed by atoms with E-state index in [1.807, 2.05) is 30.3 Å². The minimum atomic E-state index is -3.89. The highest BCUT2D eigenvalue weighted by Crippen LogP contribution is 2.23. The average Bonchev–Trinajstić information content (AvgIpc) is 3.41. The zero-order valence-electron chi connectivity index (χ0n) is 17.7. The molecule has 11 heteroatoms. The Morgan fingerprint density at radius 2 is 1.73 bits per heavy atom. The molecule has 4 aromatic rings. The van der Waals surface area contributed by atoms with Crippen molar-refractivity contribution < 1.29 is 27.0 Å². The maximum atomic E-state index is 12.6. The van der Waals surface area contributed by atoms with Crippen LogP contribution in [0.15, 0.2) is 74.6 Å². The van der Waals surface area contributed by atoms with Gasteiger partial charge in [-0.2, -0.15) is 0 Å². The zero-order valence-corrected chi connectivity index (χ0v) is 18.5. The second kappa shape index (κ2) is 9.17. The summed E-state index contributed by atoms with van der Waals surface area (Å²) in [5, 5.41) is 10.1. The lowest BCUT2D eigenvalue weighted by Crippen LogP contribution is -2.14. The van der Waals surface area contributed by atoms with Gasteiger partial charge in [0.1, 0.15) is 6.61 Å². The zero-order chi connectivity index (χ0) is 23.4. The van der Waals surface area contributed by atoms with Gasteiger partial charge in [0.05, 0.1) is 16.7 Å². The molecule has 2 aromatic carbocycles. The van der Waals surface area contributed by atoms with Crippen molar-refractivity contribution in [3.8, 4) is 5.88 Å². The Morgan fingerprint density at radius 3 is 2.39 bits per heavy atom. The summed E-state index contributed by atoms with van der Waals surface area (Å²) in [5.41, 5.74) is 2.51. The van der Waals surface area contributed by atoms with Crippen LogP contribution in [0.3, 0.4) is 0 Å². The van der Waals surface area contributed by atoms with Gasteiger partial charge < -0.3 is 19.1 Å². The predicted octanol–water partition coefficient (Wildman–Crippen LogP) is 3.91. The summed E-state index contributed by atoms with van der Waals surface area (Å²) >= 11 is 0. The van der Waals surface area contributed by atoms with E-state index in [1.165, 1.54) is 30.3 Å². The fourth-order valence-electron chi connectivity index (χ4n) is 2.77. The number of anilines is 2. The van der Waals surface area contributed by atoms with Gasteiger partial charge >= 0.3 is 0 Å². The fourth-order valence-corrected chi connectivity index (χ4v) is 3.81. The molecule has 10 nitrogen and oxygen atoms in total. The van der Waals surface area contributed by atoms with Crippen molar-refractivity contribution in [1.29, 1.82) is 0 Å². The lowest BCUT2D eigenvalue weighted by Gasteiger charge is -2.07. The lowest BCUT2D eigenvalue weighted by molar-refractivity contribution is 0.0987. The summed E-state index contributed by atoms with van der Waals surface area (Å²) in [6.45, 7) is 3.69. The maximum absolute atomic E-state index is 12.6. The molecule has 0 aliphatic heterocycles. The average molecular weight is 468 g/mol. The molecule has 33 heavy (non-hydrogen) atoms. The molecular formula is C22H20N4O6S. The lowest BCUT2D eigenvalue weighted by atomic mass is 10.2. The van der Waals surface area contributed by atoms with E-state index in [4.69, 9.17) is 13.8 Å². The second-order valence-electron chi connectivity index (χ2n) is 7.11. The molecule has 0 unspecified atom stereocenters. The first-order chi connectivity index (χ1) is 15.8. The maximum Gasteiger partial charge on any atom is 0.294 e. The molecule has 4 rings (SSSR count). The number of sulfonamides is 1. The predicted molar refractivity (Wildman–Crippen MR) is 118 cm³/mol. The highest BCUT2D eigenvalue weighted by atomic mass is 32.2. The number of aromatic nitrogens is 2. The third kappa shape index (κ3) is 5.21. The first kappa shape index (κ1) is 22.1. The van der Waals surface area contributed by atoms with Crippen molar-refractivity contribution in [2.45, 2.75) is 25.3 Å². The molecule has 0 aliphatic rings. The Hall–Kier alpha value is -4.12. The summed E-state index contributed by atoms with van der Waals surface area (Å²) < 4.78 is 43.0. The van der Waals surface area contributed by atoms with E-state index >= 15 is 0 Å². The molecule has 170 valence electrons. The molecule has 0 atom stereocenters. The molecule has 0 spiro atoms. The molecule has 2 aromatic heterocycles. The van der Waals surface area contributed by atoms with Gasteiger partial charge in [0.2, 0.25) is 11.6 Å². The summed E-state index contributed by atoms with van der Waals surface area (Å²) in [5.74, 6) is -0.374. The molecule has 0 saturated carbocycles. The smallest absolute Gasteiger partial charge is 0.294 e. The molecular weight excluding hydrogens is 448 g/mol. The Kier molecular flexibility index (Phi) is 6.13. The van der Waals surface area contributed by atoms with Crippen LogP contribution in [0.25, 0.3) is 0 Å². The van der Waals surface area contributed by atoms with Gasteiger partial charge in [-0.15, -0.1) is 0 Å². The number of benzene rings is 2. The van der Waals surface area contributed by atoms with Gasteiger partial charge in [0.25, 0.3) is 21.8 Å². The van der Waals surface area contributed by atoms with Gasteiger partial charge in [0.15, 0.2) is 0 Å². The van der Waals surface area contributed by atoms with Crippen LogP contribution >= 0.6 is 0 Å². The van der Waals surface area contributed by atoms with Crippen LogP contribution in [0.1, 0.15) is 27.4 Å². The number of carbonyl (C=O) groups is 1. The summed E-state index contributed by atoms with van der Waals surface area (Å²) in [4.78, 5) is 12.4. The quantitative estimate of drug-likeness (QED) is 0.397. The van der Waals surface area contributed by atoms with Crippen LogP contribution in [-0.4, -0.2) is 24.6 Å². The van der Waals surface area contributed by atoms with E-state index in [1.54, 1.807) is 13.8 Å². The van der Waals surface area contributed by atoms with E-state index in [-0.39, 0.29) is 29.0 Å². The van der Waals surface area contributed by atoms with E-state index in [0.717, 1.165) is 5.56 Å². The Bertz CT molecular complexity index is 1360. The molecule has 2 N–H and O–H groups in total. The van der Waals surface area contributed by atoms with Crippen molar-refractivity contribution in [2.75, 3.05) is 10.0 Å². The minimum absolute atomic E-state index is 0.00906. The summed E-state index contributed by atoms with van der Waals surface area (Å²) in [6.07, 6.45) is 0. The normalized spacial score (nSPS) is 11.2. The van der Waals surface area contributed by atoms with Crippen molar-refractivity contribution in [2.24, 2.45) is 0 Å². The highest BCUT2D eigenvalue weighted by Gasteiger charge is 2.20. The number of amides is 1. The van der Waals surface area contributed by atoms with E-state index in [2.05, 4.69) is 20.4 Å². The van der Waals surface area contributed by atoms with Gasteiger partial charge in [0, 0.05) is 11.3 Å². The van der Waals surface area contributed by atoms with Gasteiger partial charge in [-0.3, -0.25) is 4.79 Å². The topological polar surface area (TPSA) is 137 Å². The third-order valence-corrected chi connectivity index (χ3v) is 6.10. The number of nitrogens with one attached hydrogen (secondary N) is 2. The van der Waals surface area contributed by atoms with E-state index in [9.17, 15) is 13.2 Å². The number of hydrogen-bond donors (Lipinski definition) is 2. The standard InChI is InChI=1S/C22H20N4O6S/c1-14-15(2)24-32-22(14)26-33(28,29)18-10-8-17(9-11-18)23-21(27)19-12-20(25-31-19)30-13-16-6-4-3-5-7-16/h3-12,26H,13H2,1-2H3,(H,23,27). The van der Waals surface area contributed by atoms with Crippen LogP contribution in [0.5, 0.6) is 5.88 Å². The number of ether oxygens (including phenoxy) is 1. The van der Waals surface area contributed by atoms with Crippen LogP contribution < -0.4 is 14.8 Å². The third-order valence-electron chi connectivity index (χ3n) is 4.75. The van der Waals surface area contributed by atoms with Gasteiger partial charge in [-0.25, -0.2) is 13.1 Å². The van der Waals surface area contributed by atoms with E-state index in [0.29, 0.717) is 16.9 Å². The minimum Gasteiger partial charge on any atom is -0.471 e. The molecule has 0 radical (unpaired) electrons. The highest BCUT2D eigenvalue weighted by molar-refractivity contribution is 7.92. The molecule has 0 fully saturated rings. The van der Waals surface area contributed by atoms with Crippen molar-refractivity contribution in [3.05, 3.63) is 83.2 Å². The van der Waals surface area contributed by atoms with Crippen LogP contribution in [0.2, 0.25) is 0 Å². The number of nitrogens with zero attached hydrogens (tertiary/aromatic N) is 2. The van der Waals surface area contributed by atoms with Crippen molar-refractivity contribution in [1.82, 2.24) is 10.3 Å². The second-order valence-corrected chi connectivity index (χ2v) is 8.79. The molecule has 0 saturated heterocycles. The number of rotatable bonds is 8. The monoisotopic (exact) mass is 468 g/mol. The molecule has 0 aliphatic carbocycles. The Morgan fingerprint density at radius 1 is 1.00 bits per heavy atom. The Labute approximate surface area is 189 Å². The van der Waals surface area contributed by atoms with Crippen molar-refractivity contribution in [3.63, 3.8) is 0 Å². The van der Waals surface area contributed by atoms with Crippen LogP contribution in [0.4, 0.5) is 11.6 Å². The Balaban J connectivity index is 1.37. The van der Waals surface area contributed by atoms with E-state index < -0.39 is 15.9 Å². The van der Waals surface area contributed by atoms with Gasteiger partial charge in [-0.1, -0.05) is 35.5 Å². The molecule has 2 heterocycles. The number of aryl methyl sites for hydroxylation is 1. The van der Waals surface area contributed by atoms with Crippen molar-refractivity contribution >= 4 is 27.5 Å². The molecule has 1 amide bonds. The van der Waals surface area contributed by atoms with Gasteiger partial charge in [-0.05, 0) is 48.8 Å². The first-order valence-corrected chi connectivity index (χ1v) is 11.3. The number of hydrogen-bond acceptors (Lipinski definition) is 8. The first-order valence-electron chi connectivity index (χ1n) is 9.82. The van der Waals surface area contributed by atoms with Crippen LogP contribution in [0, 0.1) is 13.8 Å². The van der Waals surface area contributed by atoms with Crippen LogP contribution in [-0.2, 0) is 16.6 Å². The largest absolute Gasteiger partial charge is 0.471 e. The fraction of sp³-hybridized carbons (Fsp3) is 0.136. The SMILES string of the molecule is Cc1noc(NS(=O)(=O)c2ccc(NC(=O)c3cc(OCc4ccccc4)no3)cc2)c1C. The number of carbonyl (C=O) groups excluding carboxylic acids is 1. The summed E-state index contributed by atoms with van der Waals surface area (Å²) in [7, 11) is -3.89.